The molecule has 0 spiro atoms. The molecular weight excluding hydrogens is 434 g/mol. The average molecular weight is 455 g/mol. The van der Waals surface area contributed by atoms with E-state index in [0.29, 0.717) is 40.7 Å². The van der Waals surface area contributed by atoms with Gasteiger partial charge in [-0.3, -0.25) is 0 Å². The second-order valence-corrected chi connectivity index (χ2v) is 8.15. The number of fused-ring (bicyclic) bond motifs is 2. The minimum atomic E-state index is -3.13. The summed E-state index contributed by atoms with van der Waals surface area (Å²) in [5, 5.41) is 18.6. The van der Waals surface area contributed by atoms with Crippen LogP contribution in [0, 0.1) is 17.1 Å². The second-order valence-electron chi connectivity index (χ2n) is 8.15. The molecule has 0 saturated carbocycles. The van der Waals surface area contributed by atoms with Crippen molar-refractivity contribution in [2.24, 2.45) is 0 Å². The van der Waals surface area contributed by atoms with Crippen LogP contribution in [0.2, 0.25) is 0 Å². The van der Waals surface area contributed by atoms with Crippen LogP contribution in [0.4, 0.5) is 23.4 Å². The number of benzene rings is 2. The number of nitrogen functional groups attached to an aromatic ring is 1. The van der Waals surface area contributed by atoms with E-state index in [-0.39, 0.29) is 16.9 Å². The Kier molecular flexibility index (Phi) is 6.09. The van der Waals surface area contributed by atoms with E-state index in [1.807, 2.05) is 6.07 Å². The van der Waals surface area contributed by atoms with Crippen molar-refractivity contribution in [1.82, 2.24) is 4.98 Å². The van der Waals surface area contributed by atoms with Crippen LogP contribution in [0.25, 0.3) is 11.1 Å². The van der Waals surface area contributed by atoms with Gasteiger partial charge in [-0.1, -0.05) is 18.2 Å². The third-order valence-corrected chi connectivity index (χ3v) is 6.02. The fraction of sp³-hybridized carbons (Fsp3) is 0.280. The van der Waals surface area contributed by atoms with Crippen LogP contribution >= 0.6 is 0 Å². The molecule has 2 aliphatic rings. The Morgan fingerprint density at radius 2 is 1.91 bits per heavy atom. The van der Waals surface area contributed by atoms with Crippen LogP contribution in [0.15, 0.2) is 48.7 Å². The number of alkyl halides is 3. The molecular formula is C25H21F4N3O. The van der Waals surface area contributed by atoms with Crippen LogP contribution in [0.1, 0.15) is 52.9 Å². The molecule has 8 heteroatoms. The number of hydrogen-bond acceptors (Lipinski definition) is 4. The number of nitrogens with zero attached hydrogens (tertiary/aromatic N) is 2. The van der Waals surface area contributed by atoms with E-state index in [9.17, 15) is 22.7 Å². The lowest BCUT2D eigenvalue weighted by Crippen LogP contribution is -2.21. The molecule has 0 amide bonds. The summed E-state index contributed by atoms with van der Waals surface area (Å²) >= 11 is 0. The van der Waals surface area contributed by atoms with Crippen LogP contribution in [-0.2, 0) is 12.8 Å². The SMILES string of the molecule is N#Cc1cc(F)cc2c1CCCC2F.Nc1ncccc1-c1cccc2c1C(O)C(F)(F)C2. The predicted molar refractivity (Wildman–Crippen MR) is 116 cm³/mol. The molecule has 0 saturated heterocycles. The van der Waals surface area contributed by atoms with Crippen molar-refractivity contribution >= 4 is 5.82 Å². The molecule has 1 heterocycles. The van der Waals surface area contributed by atoms with Crippen LogP contribution in [-0.4, -0.2) is 16.0 Å². The average Bonchev–Trinajstić information content (AvgIpc) is 3.03. The monoisotopic (exact) mass is 455 g/mol. The molecule has 0 aliphatic heterocycles. The normalized spacial score (nSPS) is 20.1. The largest absolute Gasteiger partial charge is 0.383 e. The Labute approximate surface area is 188 Å². The van der Waals surface area contributed by atoms with Gasteiger partial charge in [-0.15, -0.1) is 0 Å². The fourth-order valence-corrected chi connectivity index (χ4v) is 4.46. The van der Waals surface area contributed by atoms with E-state index in [2.05, 4.69) is 4.98 Å². The lowest BCUT2D eigenvalue weighted by Gasteiger charge is -2.20. The van der Waals surface area contributed by atoms with E-state index in [1.54, 1.807) is 30.3 Å². The van der Waals surface area contributed by atoms with Gasteiger partial charge in [0, 0.05) is 18.2 Å². The quantitative estimate of drug-likeness (QED) is 0.468. The molecule has 2 aromatic carbocycles. The van der Waals surface area contributed by atoms with Gasteiger partial charge >= 0.3 is 0 Å². The van der Waals surface area contributed by atoms with Gasteiger partial charge in [0.25, 0.3) is 5.92 Å². The number of nitrogens with two attached hydrogens (primary N) is 1. The molecule has 33 heavy (non-hydrogen) atoms. The first-order chi connectivity index (χ1) is 15.7. The molecule has 0 fully saturated rings. The summed E-state index contributed by atoms with van der Waals surface area (Å²) in [4.78, 5) is 3.95. The molecule has 3 aromatic rings. The molecule has 0 radical (unpaired) electrons. The van der Waals surface area contributed by atoms with E-state index >= 15 is 0 Å². The zero-order chi connectivity index (χ0) is 23.8. The molecule has 170 valence electrons. The minimum absolute atomic E-state index is 0.257. The Balaban J connectivity index is 0.000000165. The number of aliphatic hydroxyl groups is 1. The molecule has 3 N–H and O–H groups in total. The number of pyridine rings is 1. The van der Waals surface area contributed by atoms with Crippen molar-refractivity contribution in [3.05, 3.63) is 82.3 Å². The first kappa shape index (κ1) is 22.7. The molecule has 4 nitrogen and oxygen atoms in total. The van der Waals surface area contributed by atoms with Crippen molar-refractivity contribution in [3.63, 3.8) is 0 Å². The zero-order valence-electron chi connectivity index (χ0n) is 17.5. The van der Waals surface area contributed by atoms with Crippen molar-refractivity contribution in [2.75, 3.05) is 5.73 Å². The Morgan fingerprint density at radius 3 is 2.64 bits per heavy atom. The van der Waals surface area contributed by atoms with E-state index in [4.69, 9.17) is 11.0 Å². The van der Waals surface area contributed by atoms with Crippen molar-refractivity contribution in [2.45, 2.75) is 43.9 Å². The van der Waals surface area contributed by atoms with Gasteiger partial charge in [-0.25, -0.2) is 22.5 Å². The highest BCUT2D eigenvalue weighted by Gasteiger charge is 2.47. The summed E-state index contributed by atoms with van der Waals surface area (Å²) in [5.41, 5.74) is 8.92. The summed E-state index contributed by atoms with van der Waals surface area (Å²) in [6.45, 7) is 0. The first-order valence-electron chi connectivity index (χ1n) is 10.5. The van der Waals surface area contributed by atoms with Crippen molar-refractivity contribution in [1.29, 1.82) is 5.26 Å². The highest BCUT2D eigenvalue weighted by molar-refractivity contribution is 5.78. The van der Waals surface area contributed by atoms with Crippen LogP contribution in [0.5, 0.6) is 0 Å². The Bertz CT molecular complexity index is 1240. The molecule has 2 atom stereocenters. The summed E-state index contributed by atoms with van der Waals surface area (Å²) in [5.74, 6) is -3.39. The summed E-state index contributed by atoms with van der Waals surface area (Å²) < 4.78 is 53.7. The predicted octanol–water partition coefficient (Wildman–Crippen LogP) is 5.60. The zero-order valence-corrected chi connectivity index (χ0v) is 17.5. The number of nitriles is 1. The number of anilines is 1. The number of hydrogen-bond donors (Lipinski definition) is 2. The summed E-state index contributed by atoms with van der Waals surface area (Å²) in [6, 6.07) is 12.7. The van der Waals surface area contributed by atoms with Gasteiger partial charge in [0.15, 0.2) is 0 Å². The summed E-state index contributed by atoms with van der Waals surface area (Å²) in [6.07, 6.45) is 0.0269. The van der Waals surface area contributed by atoms with Gasteiger partial charge in [-0.2, -0.15) is 5.26 Å². The lowest BCUT2D eigenvalue weighted by atomic mass is 9.87. The smallest absolute Gasteiger partial charge is 0.281 e. The number of aromatic nitrogens is 1. The molecule has 2 aliphatic carbocycles. The van der Waals surface area contributed by atoms with Gasteiger partial charge in [0.1, 0.15) is 23.9 Å². The van der Waals surface area contributed by atoms with Gasteiger partial charge < -0.3 is 10.8 Å². The lowest BCUT2D eigenvalue weighted by molar-refractivity contribution is -0.0966. The first-order valence-corrected chi connectivity index (χ1v) is 10.5. The number of aliphatic hydroxyl groups excluding tert-OH is 1. The Hall–Kier alpha value is -3.44. The molecule has 5 rings (SSSR count). The van der Waals surface area contributed by atoms with Gasteiger partial charge in [-0.05, 0) is 71.3 Å². The van der Waals surface area contributed by atoms with Gasteiger partial charge in [0.05, 0.1) is 11.6 Å². The van der Waals surface area contributed by atoms with E-state index < -0.39 is 30.4 Å². The van der Waals surface area contributed by atoms with Crippen molar-refractivity contribution < 1.29 is 22.7 Å². The van der Waals surface area contributed by atoms with Crippen LogP contribution in [0.3, 0.4) is 0 Å². The highest BCUT2D eigenvalue weighted by Crippen LogP contribution is 2.47. The van der Waals surface area contributed by atoms with Gasteiger partial charge in [0.2, 0.25) is 0 Å². The number of halogens is 4. The minimum Gasteiger partial charge on any atom is -0.383 e. The molecule has 0 bridgehead atoms. The maximum Gasteiger partial charge on any atom is 0.281 e. The van der Waals surface area contributed by atoms with E-state index in [1.165, 1.54) is 18.3 Å². The summed E-state index contributed by atoms with van der Waals surface area (Å²) in [7, 11) is 0. The molecule has 2 unspecified atom stereocenters. The van der Waals surface area contributed by atoms with Crippen molar-refractivity contribution in [3.8, 4) is 17.2 Å². The highest BCUT2D eigenvalue weighted by atomic mass is 19.3. The third-order valence-electron chi connectivity index (χ3n) is 6.02. The third kappa shape index (κ3) is 4.29. The standard InChI is InChI=1S/C14H12F2N2O.C11H9F2N/c15-14(16)7-8-3-1-4-9(11(8)12(14)19)10-5-2-6-18-13(10)17;12-8-4-7(6-14)9-2-1-3-11(13)10(9)5-8/h1-6,12,19H,7H2,(H2,17,18);4-5,11H,1-3H2. The second kappa shape index (κ2) is 8.83. The Morgan fingerprint density at radius 1 is 1.15 bits per heavy atom. The van der Waals surface area contributed by atoms with E-state index in [0.717, 1.165) is 6.42 Å². The van der Waals surface area contributed by atoms with Crippen LogP contribution < -0.4 is 5.73 Å². The topological polar surface area (TPSA) is 82.9 Å². The maximum atomic E-state index is 13.6. The number of rotatable bonds is 1. The maximum absolute atomic E-state index is 13.6. The molecule has 1 aromatic heterocycles. The fourth-order valence-electron chi connectivity index (χ4n) is 4.46.